The summed E-state index contributed by atoms with van der Waals surface area (Å²) in [4.78, 5) is 0. The number of rotatable bonds is 2. The second-order valence-corrected chi connectivity index (χ2v) is 3.56. The van der Waals surface area contributed by atoms with Gasteiger partial charge in [-0.05, 0) is 18.2 Å². The highest BCUT2D eigenvalue weighted by molar-refractivity contribution is 9.08. The van der Waals surface area contributed by atoms with Crippen LogP contribution in [0.15, 0.2) is 30.5 Å². The van der Waals surface area contributed by atoms with Crippen LogP contribution in [0.5, 0.6) is 0 Å². The number of benzene rings is 1. The van der Waals surface area contributed by atoms with Gasteiger partial charge in [-0.2, -0.15) is 5.10 Å². The fraction of sp³-hybridized carbons (Fsp3) is 0.100. The minimum absolute atomic E-state index is 0.381. The average Bonchev–Trinajstić information content (AvgIpc) is 2.63. The molecule has 0 amide bonds. The summed E-state index contributed by atoms with van der Waals surface area (Å²) < 4.78 is 27.4. The van der Waals surface area contributed by atoms with Crippen molar-refractivity contribution in [2.45, 2.75) is 5.33 Å². The van der Waals surface area contributed by atoms with Crippen molar-refractivity contribution in [3.63, 3.8) is 0 Å². The molecule has 1 aromatic carbocycles. The van der Waals surface area contributed by atoms with E-state index < -0.39 is 11.6 Å². The lowest BCUT2D eigenvalue weighted by Gasteiger charge is -2.05. The van der Waals surface area contributed by atoms with E-state index in [0.717, 1.165) is 11.8 Å². The molecule has 2 rings (SSSR count). The first kappa shape index (κ1) is 10.3. The second kappa shape index (κ2) is 4.10. The summed E-state index contributed by atoms with van der Waals surface area (Å²) >= 11 is 3.27. The van der Waals surface area contributed by atoms with Gasteiger partial charge in [0.05, 0.1) is 11.4 Å². The molecule has 0 aliphatic carbocycles. The van der Waals surface area contributed by atoms with Crippen LogP contribution in [0, 0.1) is 11.6 Å². The lowest BCUT2D eigenvalue weighted by molar-refractivity contribution is 0.579. The third kappa shape index (κ3) is 2.07. The summed E-state index contributed by atoms with van der Waals surface area (Å²) in [5, 5.41) is 4.57. The van der Waals surface area contributed by atoms with Crippen molar-refractivity contribution in [2.75, 3.05) is 0 Å². The smallest absolute Gasteiger partial charge is 0.128 e. The first-order valence-electron chi connectivity index (χ1n) is 4.26. The molecule has 0 saturated carbocycles. The SMILES string of the molecule is Fc1cc(F)cc(-n2nccc2CBr)c1. The normalized spacial score (nSPS) is 10.6. The maximum Gasteiger partial charge on any atom is 0.128 e. The topological polar surface area (TPSA) is 17.8 Å². The fourth-order valence-electron chi connectivity index (χ4n) is 1.33. The minimum Gasteiger partial charge on any atom is -0.237 e. The summed E-state index contributed by atoms with van der Waals surface area (Å²) in [5.74, 6) is -1.22. The zero-order valence-electron chi connectivity index (χ0n) is 7.62. The van der Waals surface area contributed by atoms with Gasteiger partial charge < -0.3 is 0 Å². The Labute approximate surface area is 93.7 Å². The van der Waals surface area contributed by atoms with Crippen molar-refractivity contribution in [1.29, 1.82) is 0 Å². The second-order valence-electron chi connectivity index (χ2n) is 3.00. The molecular weight excluding hydrogens is 266 g/mol. The van der Waals surface area contributed by atoms with E-state index in [-0.39, 0.29) is 0 Å². The molecule has 0 radical (unpaired) electrons. The van der Waals surface area contributed by atoms with Gasteiger partial charge in [0.25, 0.3) is 0 Å². The maximum absolute atomic E-state index is 13.0. The van der Waals surface area contributed by atoms with Gasteiger partial charge in [-0.1, -0.05) is 15.9 Å². The van der Waals surface area contributed by atoms with E-state index in [1.54, 1.807) is 12.3 Å². The zero-order chi connectivity index (χ0) is 10.8. The third-order valence-corrected chi connectivity index (χ3v) is 2.52. The van der Waals surface area contributed by atoms with Crippen LogP contribution in [0.2, 0.25) is 0 Å². The van der Waals surface area contributed by atoms with Crippen LogP contribution < -0.4 is 0 Å². The first-order chi connectivity index (χ1) is 7.20. The lowest BCUT2D eigenvalue weighted by Crippen LogP contribution is -2.01. The molecule has 78 valence electrons. The Hall–Kier alpha value is -1.23. The summed E-state index contributed by atoms with van der Waals surface area (Å²) in [6.45, 7) is 0. The Bertz CT molecular complexity index is 462. The largest absolute Gasteiger partial charge is 0.237 e. The van der Waals surface area contributed by atoms with Crippen LogP contribution >= 0.6 is 15.9 Å². The molecule has 0 fully saturated rings. The molecule has 0 N–H and O–H groups in total. The summed E-state index contributed by atoms with van der Waals surface area (Å²) in [6, 6.07) is 5.09. The van der Waals surface area contributed by atoms with Crippen molar-refractivity contribution in [2.24, 2.45) is 0 Å². The minimum atomic E-state index is -0.610. The Kier molecular flexibility index (Phi) is 2.81. The van der Waals surface area contributed by atoms with Crippen molar-refractivity contribution in [1.82, 2.24) is 9.78 Å². The summed E-state index contributed by atoms with van der Waals surface area (Å²) in [6.07, 6.45) is 1.58. The van der Waals surface area contributed by atoms with Crippen LogP contribution in [0.4, 0.5) is 8.78 Å². The van der Waals surface area contributed by atoms with E-state index >= 15 is 0 Å². The van der Waals surface area contributed by atoms with Crippen LogP contribution in [-0.4, -0.2) is 9.78 Å². The third-order valence-electron chi connectivity index (χ3n) is 1.95. The van der Waals surface area contributed by atoms with Gasteiger partial charge in [-0.3, -0.25) is 0 Å². The van der Waals surface area contributed by atoms with Crippen molar-refractivity contribution < 1.29 is 8.78 Å². The summed E-state index contributed by atoms with van der Waals surface area (Å²) in [5.41, 5.74) is 1.21. The van der Waals surface area contributed by atoms with Crippen molar-refractivity contribution in [3.05, 3.63) is 47.8 Å². The molecule has 0 bridgehead atoms. The van der Waals surface area contributed by atoms with Gasteiger partial charge in [-0.15, -0.1) is 0 Å². The van der Waals surface area contributed by atoms with Gasteiger partial charge in [0.1, 0.15) is 11.6 Å². The van der Waals surface area contributed by atoms with E-state index in [1.807, 2.05) is 0 Å². The highest BCUT2D eigenvalue weighted by atomic mass is 79.9. The summed E-state index contributed by atoms with van der Waals surface area (Å²) in [7, 11) is 0. The quantitative estimate of drug-likeness (QED) is 0.769. The predicted octanol–water partition coefficient (Wildman–Crippen LogP) is 3.05. The number of halogens is 3. The van der Waals surface area contributed by atoms with Crippen molar-refractivity contribution >= 4 is 15.9 Å². The molecule has 15 heavy (non-hydrogen) atoms. The van der Waals surface area contributed by atoms with Gasteiger partial charge in [0.2, 0.25) is 0 Å². The van der Waals surface area contributed by atoms with Gasteiger partial charge >= 0.3 is 0 Å². The highest BCUT2D eigenvalue weighted by Gasteiger charge is 2.06. The molecule has 0 saturated heterocycles. The monoisotopic (exact) mass is 272 g/mol. The van der Waals surface area contributed by atoms with Gasteiger partial charge in [0.15, 0.2) is 0 Å². The number of aromatic nitrogens is 2. The predicted molar refractivity (Wildman–Crippen MR) is 56.1 cm³/mol. The van der Waals surface area contributed by atoms with E-state index in [1.165, 1.54) is 16.8 Å². The lowest BCUT2D eigenvalue weighted by atomic mass is 10.3. The average molecular weight is 273 g/mol. The van der Waals surface area contributed by atoms with E-state index in [2.05, 4.69) is 21.0 Å². The molecule has 0 aliphatic heterocycles. The Balaban J connectivity index is 2.53. The van der Waals surface area contributed by atoms with Crippen LogP contribution in [0.3, 0.4) is 0 Å². The van der Waals surface area contributed by atoms with Gasteiger partial charge in [0, 0.05) is 17.6 Å². The highest BCUT2D eigenvalue weighted by Crippen LogP contribution is 2.15. The first-order valence-corrected chi connectivity index (χ1v) is 5.38. The maximum atomic E-state index is 13.0. The van der Waals surface area contributed by atoms with E-state index in [0.29, 0.717) is 11.0 Å². The Morgan fingerprint density at radius 2 is 1.87 bits per heavy atom. The Morgan fingerprint density at radius 3 is 2.47 bits per heavy atom. The van der Waals surface area contributed by atoms with Crippen LogP contribution in [0.1, 0.15) is 5.69 Å². The van der Waals surface area contributed by atoms with Crippen LogP contribution in [0.25, 0.3) is 5.69 Å². The van der Waals surface area contributed by atoms with E-state index in [9.17, 15) is 8.78 Å². The fourth-order valence-corrected chi connectivity index (χ4v) is 1.75. The molecule has 0 spiro atoms. The Morgan fingerprint density at radius 1 is 1.20 bits per heavy atom. The molecule has 2 nitrogen and oxygen atoms in total. The van der Waals surface area contributed by atoms with Crippen molar-refractivity contribution in [3.8, 4) is 5.69 Å². The standard InChI is InChI=1S/C10H7BrF2N2/c11-6-9-1-2-14-15(9)10-4-7(12)3-8(13)5-10/h1-5H,6H2. The zero-order valence-corrected chi connectivity index (χ0v) is 9.21. The molecule has 1 heterocycles. The number of hydrogen-bond donors (Lipinski definition) is 0. The number of nitrogens with zero attached hydrogens (tertiary/aromatic N) is 2. The molecule has 0 atom stereocenters. The molecular formula is C10H7BrF2N2. The number of alkyl halides is 1. The molecule has 2 aromatic rings. The molecule has 5 heteroatoms. The molecule has 0 aliphatic rings. The van der Waals surface area contributed by atoms with E-state index in [4.69, 9.17) is 0 Å². The number of hydrogen-bond acceptors (Lipinski definition) is 1. The van der Waals surface area contributed by atoms with Gasteiger partial charge in [-0.25, -0.2) is 13.5 Å². The molecule has 0 unspecified atom stereocenters. The molecule has 1 aromatic heterocycles. The van der Waals surface area contributed by atoms with Crippen LogP contribution in [-0.2, 0) is 5.33 Å².